The second-order valence-corrected chi connectivity index (χ2v) is 5.34. The molecule has 0 bridgehead atoms. The van der Waals surface area contributed by atoms with E-state index in [4.69, 9.17) is 0 Å². The van der Waals surface area contributed by atoms with Gasteiger partial charge in [0.15, 0.2) is 0 Å². The highest BCUT2D eigenvalue weighted by Crippen LogP contribution is 2.30. The molecule has 0 spiro atoms. The van der Waals surface area contributed by atoms with E-state index in [1.165, 1.54) is 12.0 Å². The SMILES string of the molecule is O=C(NN=C1CCCC[C@@H]1c1ccccc1)c1ccc[nH]1. The lowest BCUT2D eigenvalue weighted by Gasteiger charge is -2.24. The Morgan fingerprint density at radius 3 is 2.76 bits per heavy atom. The lowest BCUT2D eigenvalue weighted by molar-refractivity contribution is 0.0950. The second-order valence-electron chi connectivity index (χ2n) is 5.34. The molecule has 4 heteroatoms. The Kier molecular flexibility index (Phi) is 4.15. The Morgan fingerprint density at radius 1 is 1.14 bits per heavy atom. The number of nitrogens with one attached hydrogen (secondary N) is 2. The van der Waals surface area contributed by atoms with Crippen molar-refractivity contribution in [2.24, 2.45) is 5.10 Å². The van der Waals surface area contributed by atoms with Gasteiger partial charge in [-0.3, -0.25) is 4.79 Å². The van der Waals surface area contributed by atoms with Crippen LogP contribution in [0.3, 0.4) is 0 Å². The van der Waals surface area contributed by atoms with E-state index in [1.54, 1.807) is 18.3 Å². The summed E-state index contributed by atoms with van der Waals surface area (Å²) in [4.78, 5) is 14.8. The van der Waals surface area contributed by atoms with Crippen LogP contribution in [-0.4, -0.2) is 16.6 Å². The number of rotatable bonds is 3. The van der Waals surface area contributed by atoms with Crippen LogP contribution in [0.1, 0.15) is 47.7 Å². The Morgan fingerprint density at radius 2 is 2.00 bits per heavy atom. The quantitative estimate of drug-likeness (QED) is 0.832. The third kappa shape index (κ3) is 3.21. The number of aromatic nitrogens is 1. The van der Waals surface area contributed by atoms with Gasteiger partial charge >= 0.3 is 0 Å². The van der Waals surface area contributed by atoms with Gasteiger partial charge in [-0.2, -0.15) is 5.10 Å². The maximum atomic E-state index is 11.9. The van der Waals surface area contributed by atoms with E-state index in [0.29, 0.717) is 11.6 Å². The monoisotopic (exact) mass is 281 g/mol. The van der Waals surface area contributed by atoms with Crippen LogP contribution in [0.2, 0.25) is 0 Å². The summed E-state index contributed by atoms with van der Waals surface area (Å²) < 4.78 is 0. The third-order valence-corrected chi connectivity index (χ3v) is 3.92. The molecule has 1 atom stereocenters. The van der Waals surface area contributed by atoms with Crippen LogP contribution in [0.15, 0.2) is 53.8 Å². The summed E-state index contributed by atoms with van der Waals surface area (Å²) in [5.41, 5.74) is 5.56. The molecule has 0 radical (unpaired) electrons. The fourth-order valence-electron chi connectivity index (χ4n) is 2.83. The maximum Gasteiger partial charge on any atom is 0.287 e. The van der Waals surface area contributed by atoms with Gasteiger partial charge in [0.1, 0.15) is 5.69 Å². The predicted octanol–water partition coefficient (Wildman–Crippen LogP) is 3.46. The van der Waals surface area contributed by atoms with E-state index in [9.17, 15) is 4.79 Å². The number of benzene rings is 1. The Hall–Kier alpha value is -2.36. The number of carbonyl (C=O) groups is 1. The van der Waals surface area contributed by atoms with Crippen molar-refractivity contribution in [3.8, 4) is 0 Å². The Bertz CT molecular complexity index is 617. The highest BCUT2D eigenvalue weighted by atomic mass is 16.2. The van der Waals surface area contributed by atoms with Crippen LogP contribution in [0.4, 0.5) is 0 Å². The van der Waals surface area contributed by atoms with Crippen molar-refractivity contribution in [1.29, 1.82) is 0 Å². The zero-order chi connectivity index (χ0) is 14.5. The molecular formula is C17H19N3O. The van der Waals surface area contributed by atoms with E-state index in [1.807, 2.05) is 6.07 Å². The summed E-state index contributed by atoms with van der Waals surface area (Å²) in [5, 5.41) is 4.39. The van der Waals surface area contributed by atoms with Gasteiger partial charge in [-0.05, 0) is 37.0 Å². The Balaban J connectivity index is 1.75. The van der Waals surface area contributed by atoms with Gasteiger partial charge in [-0.1, -0.05) is 36.8 Å². The van der Waals surface area contributed by atoms with E-state index in [-0.39, 0.29) is 5.91 Å². The van der Waals surface area contributed by atoms with Crippen LogP contribution >= 0.6 is 0 Å². The molecule has 3 rings (SSSR count). The van der Waals surface area contributed by atoms with Crippen molar-refractivity contribution in [2.45, 2.75) is 31.6 Å². The fourth-order valence-corrected chi connectivity index (χ4v) is 2.83. The Labute approximate surface area is 124 Å². The summed E-state index contributed by atoms with van der Waals surface area (Å²) in [6.45, 7) is 0. The molecule has 1 aromatic carbocycles. The highest BCUT2D eigenvalue weighted by Gasteiger charge is 2.22. The normalized spacial score (nSPS) is 20.4. The zero-order valence-electron chi connectivity index (χ0n) is 11.9. The van der Waals surface area contributed by atoms with Crippen molar-refractivity contribution in [1.82, 2.24) is 10.4 Å². The molecule has 0 unspecified atom stereocenters. The summed E-state index contributed by atoms with van der Waals surface area (Å²) >= 11 is 0. The van der Waals surface area contributed by atoms with Gasteiger partial charge in [0.05, 0.1) is 0 Å². The van der Waals surface area contributed by atoms with E-state index in [0.717, 1.165) is 25.0 Å². The van der Waals surface area contributed by atoms with Crippen LogP contribution in [0.25, 0.3) is 0 Å². The van der Waals surface area contributed by atoms with Gasteiger partial charge in [0.25, 0.3) is 5.91 Å². The molecule has 1 amide bonds. The number of H-pyrrole nitrogens is 1. The molecule has 1 fully saturated rings. The van der Waals surface area contributed by atoms with Crippen LogP contribution in [-0.2, 0) is 0 Å². The standard InChI is InChI=1S/C17H19N3O/c21-17(16-11-6-12-18-16)20-19-15-10-5-4-9-14(15)13-7-2-1-3-8-13/h1-3,6-8,11-12,14,18H,4-5,9-10H2,(H,20,21)/t14-/m1/s1. The van der Waals surface area contributed by atoms with E-state index in [2.05, 4.69) is 39.8 Å². The van der Waals surface area contributed by atoms with Crippen LogP contribution in [0.5, 0.6) is 0 Å². The molecule has 1 aliphatic rings. The lowest BCUT2D eigenvalue weighted by atomic mass is 9.82. The van der Waals surface area contributed by atoms with Crippen molar-refractivity contribution in [3.05, 3.63) is 59.9 Å². The summed E-state index contributed by atoms with van der Waals surface area (Å²) in [6, 6.07) is 13.9. The molecule has 1 aliphatic carbocycles. The topological polar surface area (TPSA) is 57.2 Å². The summed E-state index contributed by atoms with van der Waals surface area (Å²) in [5.74, 6) is 0.133. The molecule has 0 saturated heterocycles. The first-order valence-electron chi connectivity index (χ1n) is 7.40. The first-order valence-corrected chi connectivity index (χ1v) is 7.40. The van der Waals surface area contributed by atoms with E-state index < -0.39 is 0 Å². The average molecular weight is 281 g/mol. The van der Waals surface area contributed by atoms with Gasteiger partial charge in [-0.15, -0.1) is 0 Å². The van der Waals surface area contributed by atoms with Gasteiger partial charge in [-0.25, -0.2) is 5.43 Å². The zero-order valence-corrected chi connectivity index (χ0v) is 11.9. The maximum absolute atomic E-state index is 11.9. The van der Waals surface area contributed by atoms with Crippen LogP contribution < -0.4 is 5.43 Å². The molecule has 1 saturated carbocycles. The number of hydrogen-bond donors (Lipinski definition) is 2. The summed E-state index contributed by atoms with van der Waals surface area (Å²) in [7, 11) is 0. The number of amides is 1. The molecule has 4 nitrogen and oxygen atoms in total. The highest BCUT2D eigenvalue weighted by molar-refractivity contribution is 5.96. The van der Waals surface area contributed by atoms with Gasteiger partial charge in [0, 0.05) is 17.8 Å². The van der Waals surface area contributed by atoms with Crippen molar-refractivity contribution < 1.29 is 4.79 Å². The van der Waals surface area contributed by atoms with Gasteiger partial charge < -0.3 is 4.98 Å². The molecule has 21 heavy (non-hydrogen) atoms. The van der Waals surface area contributed by atoms with E-state index >= 15 is 0 Å². The number of hydrogen-bond acceptors (Lipinski definition) is 2. The summed E-state index contributed by atoms with van der Waals surface area (Å²) in [6.07, 6.45) is 6.13. The molecular weight excluding hydrogens is 262 g/mol. The molecule has 2 aromatic rings. The molecule has 1 aromatic heterocycles. The lowest BCUT2D eigenvalue weighted by Crippen LogP contribution is -2.24. The minimum absolute atomic E-state index is 0.190. The average Bonchev–Trinajstić information content (AvgIpc) is 3.08. The number of aromatic amines is 1. The molecule has 2 N–H and O–H groups in total. The van der Waals surface area contributed by atoms with Crippen LogP contribution in [0, 0.1) is 0 Å². The predicted molar refractivity (Wildman–Crippen MR) is 83.3 cm³/mol. The molecule has 1 heterocycles. The van der Waals surface area contributed by atoms with Crippen molar-refractivity contribution in [3.63, 3.8) is 0 Å². The van der Waals surface area contributed by atoms with Crippen molar-refractivity contribution >= 4 is 11.6 Å². The molecule has 108 valence electrons. The minimum Gasteiger partial charge on any atom is -0.357 e. The number of carbonyl (C=O) groups excluding carboxylic acids is 1. The number of hydrazone groups is 1. The minimum atomic E-state index is -0.190. The van der Waals surface area contributed by atoms with Crippen molar-refractivity contribution in [2.75, 3.05) is 0 Å². The first kappa shape index (κ1) is 13.6. The third-order valence-electron chi connectivity index (χ3n) is 3.92. The smallest absolute Gasteiger partial charge is 0.287 e. The largest absolute Gasteiger partial charge is 0.357 e. The fraction of sp³-hybridized carbons (Fsp3) is 0.294. The molecule has 0 aliphatic heterocycles. The second kappa shape index (κ2) is 6.39. The number of nitrogens with zero attached hydrogens (tertiary/aromatic N) is 1. The van der Waals surface area contributed by atoms with Gasteiger partial charge in [0.2, 0.25) is 0 Å². The first-order chi connectivity index (χ1) is 10.3.